The number of methoxy groups -OCH3 is 3. The summed E-state index contributed by atoms with van der Waals surface area (Å²) in [6, 6.07) is 4.51. The number of nitrogens with one attached hydrogen (secondary N) is 1. The summed E-state index contributed by atoms with van der Waals surface area (Å²) in [7, 11) is 4.33. The number of urea groups is 1. The van der Waals surface area contributed by atoms with Gasteiger partial charge in [0, 0.05) is 49.6 Å². The first-order valence-electron chi connectivity index (χ1n) is 11.7. The normalized spacial score (nSPS) is 15.5. The molecule has 0 spiro atoms. The molecular formula is C25H33N5O6. The SMILES string of the molecule is COC(=O)c1c(C(=O)N2CCN(C(=O)Nc3cc(OC)cc(OC)c3)C(C)C2)nc(C)nc1C(C)C. The first-order valence-corrected chi connectivity index (χ1v) is 11.7. The van der Waals surface area contributed by atoms with Crippen molar-refractivity contribution in [1.29, 1.82) is 0 Å². The van der Waals surface area contributed by atoms with E-state index in [2.05, 4.69) is 15.3 Å². The van der Waals surface area contributed by atoms with Gasteiger partial charge in [-0.3, -0.25) is 4.79 Å². The standard InChI is InChI=1S/C25H33N5O6/c1-14(2)21-20(24(32)36-7)22(27-16(4)26-21)23(31)29-8-9-30(15(3)13-29)25(33)28-17-10-18(34-5)12-19(11-17)35-6/h10-12,14-15H,8-9,13H2,1-7H3,(H,28,33). The fourth-order valence-corrected chi connectivity index (χ4v) is 4.14. The van der Waals surface area contributed by atoms with Crippen molar-refractivity contribution in [2.24, 2.45) is 0 Å². The Morgan fingerprint density at radius 2 is 1.67 bits per heavy atom. The van der Waals surface area contributed by atoms with E-state index in [0.717, 1.165) is 0 Å². The van der Waals surface area contributed by atoms with Gasteiger partial charge in [-0.2, -0.15) is 0 Å². The maximum absolute atomic E-state index is 13.5. The minimum absolute atomic E-state index is 0.0200. The molecule has 3 rings (SSSR count). The van der Waals surface area contributed by atoms with Crippen LogP contribution < -0.4 is 14.8 Å². The molecule has 1 atom stereocenters. The molecule has 1 aromatic heterocycles. The molecule has 3 amide bonds. The number of amides is 3. The molecule has 11 nitrogen and oxygen atoms in total. The van der Waals surface area contributed by atoms with E-state index in [0.29, 0.717) is 35.2 Å². The third-order valence-corrected chi connectivity index (χ3v) is 5.97. The molecule has 1 N–H and O–H groups in total. The quantitative estimate of drug-likeness (QED) is 0.602. The van der Waals surface area contributed by atoms with E-state index in [-0.39, 0.29) is 42.3 Å². The fourth-order valence-electron chi connectivity index (χ4n) is 4.14. The highest BCUT2D eigenvalue weighted by Crippen LogP contribution is 2.27. The number of esters is 1. The van der Waals surface area contributed by atoms with Crippen LogP contribution in [0.25, 0.3) is 0 Å². The molecule has 0 radical (unpaired) electrons. The molecule has 1 fully saturated rings. The zero-order chi connectivity index (χ0) is 26.6. The van der Waals surface area contributed by atoms with Crippen molar-refractivity contribution in [3.8, 4) is 11.5 Å². The molecule has 1 unspecified atom stereocenters. The number of rotatable bonds is 6. The number of hydrogen-bond donors (Lipinski definition) is 1. The Bertz CT molecular complexity index is 1130. The molecule has 0 saturated carbocycles. The number of carbonyl (C=O) groups is 3. The van der Waals surface area contributed by atoms with Gasteiger partial charge in [-0.1, -0.05) is 13.8 Å². The Morgan fingerprint density at radius 1 is 1.03 bits per heavy atom. The monoisotopic (exact) mass is 499 g/mol. The van der Waals surface area contributed by atoms with Gasteiger partial charge in [0.1, 0.15) is 28.6 Å². The van der Waals surface area contributed by atoms with Crippen LogP contribution in [-0.2, 0) is 4.74 Å². The first kappa shape index (κ1) is 26.7. The molecule has 1 aliphatic heterocycles. The predicted octanol–water partition coefficient (Wildman–Crippen LogP) is 3.09. The number of ether oxygens (including phenoxy) is 3. The number of carbonyl (C=O) groups excluding carboxylic acids is 3. The van der Waals surface area contributed by atoms with Crippen molar-refractivity contribution >= 4 is 23.6 Å². The van der Waals surface area contributed by atoms with Gasteiger partial charge in [0.2, 0.25) is 0 Å². The van der Waals surface area contributed by atoms with Crippen molar-refractivity contribution in [3.05, 3.63) is 41.0 Å². The summed E-state index contributed by atoms with van der Waals surface area (Å²) in [6.07, 6.45) is 0. The number of nitrogens with zero attached hydrogens (tertiary/aromatic N) is 4. The zero-order valence-electron chi connectivity index (χ0n) is 21.7. The van der Waals surface area contributed by atoms with Gasteiger partial charge in [0.15, 0.2) is 0 Å². The van der Waals surface area contributed by atoms with Crippen LogP contribution in [0.15, 0.2) is 18.2 Å². The van der Waals surface area contributed by atoms with Crippen LogP contribution in [0.4, 0.5) is 10.5 Å². The Labute approximate surface area is 210 Å². The van der Waals surface area contributed by atoms with Crippen LogP contribution in [0, 0.1) is 6.92 Å². The van der Waals surface area contributed by atoms with Crippen LogP contribution in [0.5, 0.6) is 11.5 Å². The predicted molar refractivity (Wildman–Crippen MR) is 133 cm³/mol. The van der Waals surface area contributed by atoms with Crippen LogP contribution >= 0.6 is 0 Å². The number of aromatic nitrogens is 2. The van der Waals surface area contributed by atoms with Gasteiger partial charge in [-0.25, -0.2) is 19.6 Å². The Hall–Kier alpha value is -3.89. The lowest BCUT2D eigenvalue weighted by Gasteiger charge is -2.39. The second-order valence-electron chi connectivity index (χ2n) is 8.85. The molecule has 1 aromatic carbocycles. The maximum Gasteiger partial charge on any atom is 0.342 e. The molecule has 0 aliphatic carbocycles. The molecular weight excluding hydrogens is 466 g/mol. The molecule has 0 bridgehead atoms. The van der Waals surface area contributed by atoms with E-state index >= 15 is 0 Å². The summed E-state index contributed by atoms with van der Waals surface area (Å²) >= 11 is 0. The van der Waals surface area contributed by atoms with Crippen LogP contribution in [0.2, 0.25) is 0 Å². The summed E-state index contributed by atoms with van der Waals surface area (Å²) in [5.41, 5.74) is 1.11. The minimum atomic E-state index is -0.651. The summed E-state index contributed by atoms with van der Waals surface area (Å²) in [5.74, 6) is 0.344. The number of hydrogen-bond acceptors (Lipinski definition) is 8. The van der Waals surface area contributed by atoms with Crippen molar-refractivity contribution in [1.82, 2.24) is 19.8 Å². The third-order valence-electron chi connectivity index (χ3n) is 5.97. The number of anilines is 1. The summed E-state index contributed by atoms with van der Waals surface area (Å²) in [5, 5.41) is 2.87. The van der Waals surface area contributed by atoms with E-state index in [1.165, 1.54) is 21.3 Å². The summed E-state index contributed by atoms with van der Waals surface area (Å²) < 4.78 is 15.5. The first-order chi connectivity index (χ1) is 17.1. The lowest BCUT2D eigenvalue weighted by molar-refractivity contribution is 0.0550. The minimum Gasteiger partial charge on any atom is -0.497 e. The molecule has 36 heavy (non-hydrogen) atoms. The zero-order valence-corrected chi connectivity index (χ0v) is 21.7. The lowest BCUT2D eigenvalue weighted by atomic mass is 10.0. The highest BCUT2D eigenvalue weighted by molar-refractivity contribution is 6.04. The van der Waals surface area contributed by atoms with Crippen LogP contribution in [0.1, 0.15) is 59.1 Å². The Morgan fingerprint density at radius 3 is 2.19 bits per heavy atom. The molecule has 194 valence electrons. The Balaban J connectivity index is 1.79. The lowest BCUT2D eigenvalue weighted by Crippen LogP contribution is -2.56. The van der Waals surface area contributed by atoms with E-state index in [1.807, 2.05) is 20.8 Å². The second-order valence-corrected chi connectivity index (χ2v) is 8.85. The topological polar surface area (TPSA) is 123 Å². The molecule has 11 heteroatoms. The van der Waals surface area contributed by atoms with Gasteiger partial charge in [0.25, 0.3) is 5.91 Å². The Kier molecular flexibility index (Phi) is 8.33. The van der Waals surface area contributed by atoms with Crippen molar-refractivity contribution in [2.75, 3.05) is 46.3 Å². The third kappa shape index (κ3) is 5.67. The number of benzene rings is 1. The maximum atomic E-state index is 13.5. The highest BCUT2D eigenvalue weighted by atomic mass is 16.5. The van der Waals surface area contributed by atoms with Gasteiger partial charge in [0.05, 0.1) is 27.0 Å². The fraction of sp³-hybridized carbons (Fsp3) is 0.480. The summed E-state index contributed by atoms with van der Waals surface area (Å²) in [4.78, 5) is 51.0. The van der Waals surface area contributed by atoms with Gasteiger partial charge < -0.3 is 29.3 Å². The molecule has 2 heterocycles. The van der Waals surface area contributed by atoms with E-state index in [4.69, 9.17) is 14.2 Å². The van der Waals surface area contributed by atoms with Gasteiger partial charge in [-0.15, -0.1) is 0 Å². The smallest absolute Gasteiger partial charge is 0.342 e. The largest absolute Gasteiger partial charge is 0.497 e. The van der Waals surface area contributed by atoms with Gasteiger partial charge >= 0.3 is 12.0 Å². The highest BCUT2D eigenvalue weighted by Gasteiger charge is 2.34. The van der Waals surface area contributed by atoms with Crippen molar-refractivity contribution in [3.63, 3.8) is 0 Å². The van der Waals surface area contributed by atoms with Crippen molar-refractivity contribution in [2.45, 2.75) is 39.7 Å². The average Bonchev–Trinajstić information content (AvgIpc) is 2.86. The molecule has 1 aliphatic rings. The molecule has 1 saturated heterocycles. The molecule has 2 aromatic rings. The number of aryl methyl sites for hydroxylation is 1. The average molecular weight is 500 g/mol. The second kappa shape index (κ2) is 11.2. The van der Waals surface area contributed by atoms with Crippen LogP contribution in [0.3, 0.4) is 0 Å². The number of piperazine rings is 1. The summed E-state index contributed by atoms with van der Waals surface area (Å²) in [6.45, 7) is 8.17. The van der Waals surface area contributed by atoms with E-state index in [1.54, 1.807) is 34.9 Å². The van der Waals surface area contributed by atoms with Crippen molar-refractivity contribution < 1.29 is 28.6 Å². The van der Waals surface area contributed by atoms with Crippen LogP contribution in [-0.4, -0.2) is 84.7 Å². The van der Waals surface area contributed by atoms with E-state index < -0.39 is 11.9 Å². The van der Waals surface area contributed by atoms with Gasteiger partial charge in [-0.05, 0) is 19.8 Å². The van der Waals surface area contributed by atoms with E-state index in [9.17, 15) is 14.4 Å².